The minimum absolute atomic E-state index is 0.00560. The van der Waals surface area contributed by atoms with Gasteiger partial charge in [-0.3, -0.25) is 14.2 Å². The highest BCUT2D eigenvalue weighted by Crippen LogP contribution is 2.00. The average Bonchev–Trinajstić information content (AvgIpc) is 2.34. The summed E-state index contributed by atoms with van der Waals surface area (Å²) in [6.07, 6.45) is 1.75. The van der Waals surface area contributed by atoms with Crippen LogP contribution in [0.2, 0.25) is 0 Å². The van der Waals surface area contributed by atoms with Crippen molar-refractivity contribution in [3.8, 4) is 0 Å². The third-order valence-electron chi connectivity index (χ3n) is 2.61. The third kappa shape index (κ3) is 3.13. The molecule has 1 aromatic carbocycles. The number of hydrogen-bond donors (Lipinski definition) is 0. The van der Waals surface area contributed by atoms with Gasteiger partial charge in [0.1, 0.15) is 0 Å². The Hall–Kier alpha value is -2.23. The van der Waals surface area contributed by atoms with E-state index in [2.05, 4.69) is 4.98 Å². The smallest absolute Gasteiger partial charge is 0.253 e. The second-order valence-electron chi connectivity index (χ2n) is 4.20. The van der Waals surface area contributed by atoms with Crippen LogP contribution in [0.5, 0.6) is 0 Å². The number of aryl methyl sites for hydroxylation is 1. The molecule has 92 valence electrons. The Morgan fingerprint density at radius 2 is 2.00 bits per heavy atom. The van der Waals surface area contributed by atoms with E-state index < -0.39 is 0 Å². The summed E-state index contributed by atoms with van der Waals surface area (Å²) < 4.78 is 1.33. The number of Topliss-reactive ketones (excluding diaryl/α,β-unsaturated/α-hetero) is 1. The van der Waals surface area contributed by atoms with E-state index in [0.717, 1.165) is 5.56 Å². The topological polar surface area (TPSA) is 52.0 Å². The molecule has 2 aromatic rings. The van der Waals surface area contributed by atoms with Crippen LogP contribution < -0.4 is 5.56 Å². The minimum Gasteiger partial charge on any atom is -0.297 e. The van der Waals surface area contributed by atoms with Crippen LogP contribution in [0.15, 0.2) is 47.5 Å². The van der Waals surface area contributed by atoms with Crippen molar-refractivity contribution < 1.29 is 4.79 Å². The monoisotopic (exact) mass is 242 g/mol. The lowest BCUT2D eigenvalue weighted by atomic mass is 10.1. The number of rotatable bonds is 4. The predicted molar refractivity (Wildman–Crippen MR) is 68.4 cm³/mol. The van der Waals surface area contributed by atoms with Gasteiger partial charge in [-0.1, -0.05) is 30.3 Å². The Balaban J connectivity index is 2.06. The highest BCUT2D eigenvalue weighted by atomic mass is 16.1. The third-order valence-corrected chi connectivity index (χ3v) is 2.61. The number of hydrogen-bond acceptors (Lipinski definition) is 3. The second-order valence-corrected chi connectivity index (χ2v) is 4.20. The molecule has 0 amide bonds. The zero-order valence-electron chi connectivity index (χ0n) is 10.2. The van der Waals surface area contributed by atoms with E-state index in [1.54, 1.807) is 6.92 Å². The Morgan fingerprint density at radius 1 is 1.28 bits per heavy atom. The molecular formula is C14H14N2O2. The van der Waals surface area contributed by atoms with Crippen molar-refractivity contribution in [3.05, 3.63) is 64.3 Å². The van der Waals surface area contributed by atoms with Crippen LogP contribution >= 0.6 is 0 Å². The Kier molecular flexibility index (Phi) is 3.67. The normalized spacial score (nSPS) is 10.3. The Bertz CT molecular complexity index is 603. The quantitative estimate of drug-likeness (QED) is 0.813. The summed E-state index contributed by atoms with van der Waals surface area (Å²) in [5.41, 5.74) is 1.42. The molecule has 18 heavy (non-hydrogen) atoms. The van der Waals surface area contributed by atoms with Gasteiger partial charge in [-0.15, -0.1) is 0 Å². The van der Waals surface area contributed by atoms with Gasteiger partial charge in [0.25, 0.3) is 5.56 Å². The van der Waals surface area contributed by atoms with Crippen LogP contribution in [-0.4, -0.2) is 15.3 Å². The predicted octanol–water partition coefficient (Wildman–Crippen LogP) is 1.36. The fraction of sp³-hybridized carbons (Fsp3) is 0.214. The van der Waals surface area contributed by atoms with E-state index in [9.17, 15) is 9.59 Å². The van der Waals surface area contributed by atoms with Gasteiger partial charge in [0.05, 0.1) is 12.9 Å². The van der Waals surface area contributed by atoms with Crippen molar-refractivity contribution in [2.75, 3.05) is 0 Å². The van der Waals surface area contributed by atoms with E-state index in [4.69, 9.17) is 0 Å². The Labute approximate surface area is 105 Å². The van der Waals surface area contributed by atoms with E-state index in [-0.39, 0.29) is 17.9 Å². The van der Waals surface area contributed by atoms with Gasteiger partial charge in [-0.05, 0) is 12.5 Å². The Morgan fingerprint density at radius 3 is 2.67 bits per heavy atom. The molecule has 0 unspecified atom stereocenters. The number of ketones is 1. The number of benzene rings is 1. The van der Waals surface area contributed by atoms with Gasteiger partial charge in [0, 0.05) is 18.2 Å². The number of carbonyl (C=O) groups excluding carboxylic acids is 1. The molecule has 0 bridgehead atoms. The second kappa shape index (κ2) is 5.40. The van der Waals surface area contributed by atoms with Crippen LogP contribution in [0.3, 0.4) is 0 Å². The minimum atomic E-state index is -0.191. The molecule has 0 aliphatic heterocycles. The lowest BCUT2D eigenvalue weighted by molar-refractivity contribution is -0.119. The van der Waals surface area contributed by atoms with E-state index in [1.165, 1.54) is 17.0 Å². The molecule has 0 radical (unpaired) electrons. The fourth-order valence-electron chi connectivity index (χ4n) is 1.70. The molecule has 0 N–H and O–H groups in total. The van der Waals surface area contributed by atoms with Gasteiger partial charge in [-0.25, -0.2) is 4.98 Å². The molecule has 0 fully saturated rings. The largest absolute Gasteiger partial charge is 0.297 e. The molecule has 4 nitrogen and oxygen atoms in total. The van der Waals surface area contributed by atoms with Crippen LogP contribution in [0.25, 0.3) is 0 Å². The maximum absolute atomic E-state index is 11.8. The summed E-state index contributed by atoms with van der Waals surface area (Å²) >= 11 is 0. The molecule has 0 spiro atoms. The molecule has 1 aromatic heterocycles. The standard InChI is InChI=1S/C14H14N2O2/c1-11-7-14(18)16(10-15-11)9-13(17)8-12-5-3-2-4-6-12/h2-7,10H,8-9H2,1H3. The SMILES string of the molecule is Cc1cc(=O)n(CC(=O)Cc2ccccc2)cn1. The lowest BCUT2D eigenvalue weighted by Crippen LogP contribution is -2.25. The summed E-state index contributed by atoms with van der Waals surface area (Å²) in [6.45, 7) is 1.82. The highest BCUT2D eigenvalue weighted by molar-refractivity contribution is 5.80. The van der Waals surface area contributed by atoms with Gasteiger partial charge in [0.15, 0.2) is 5.78 Å². The highest BCUT2D eigenvalue weighted by Gasteiger charge is 2.06. The molecule has 0 saturated carbocycles. The number of nitrogens with zero attached hydrogens (tertiary/aromatic N) is 2. The summed E-state index contributed by atoms with van der Waals surface area (Å²) in [5.74, 6) is -0.00560. The fourth-order valence-corrected chi connectivity index (χ4v) is 1.70. The van der Waals surface area contributed by atoms with Crippen molar-refractivity contribution in [3.63, 3.8) is 0 Å². The molecule has 0 aliphatic carbocycles. The van der Waals surface area contributed by atoms with Crippen molar-refractivity contribution >= 4 is 5.78 Å². The number of aromatic nitrogens is 2. The van der Waals surface area contributed by atoms with E-state index in [1.807, 2.05) is 30.3 Å². The first-order valence-corrected chi connectivity index (χ1v) is 5.74. The number of carbonyl (C=O) groups is 1. The molecule has 1 heterocycles. The first kappa shape index (κ1) is 12.2. The zero-order valence-corrected chi connectivity index (χ0v) is 10.2. The molecular weight excluding hydrogens is 228 g/mol. The summed E-state index contributed by atoms with van der Waals surface area (Å²) in [4.78, 5) is 27.4. The average molecular weight is 242 g/mol. The first-order valence-electron chi connectivity index (χ1n) is 5.74. The van der Waals surface area contributed by atoms with Crippen molar-refractivity contribution in [2.45, 2.75) is 19.9 Å². The summed E-state index contributed by atoms with van der Waals surface area (Å²) in [6, 6.07) is 10.9. The molecule has 0 saturated heterocycles. The zero-order chi connectivity index (χ0) is 13.0. The lowest BCUT2D eigenvalue weighted by Gasteiger charge is -2.04. The van der Waals surface area contributed by atoms with Gasteiger partial charge in [-0.2, -0.15) is 0 Å². The van der Waals surface area contributed by atoms with Crippen molar-refractivity contribution in [1.29, 1.82) is 0 Å². The molecule has 2 rings (SSSR count). The van der Waals surface area contributed by atoms with Crippen molar-refractivity contribution in [2.24, 2.45) is 0 Å². The van der Waals surface area contributed by atoms with Crippen LogP contribution in [0.4, 0.5) is 0 Å². The molecule has 4 heteroatoms. The van der Waals surface area contributed by atoms with Crippen LogP contribution in [-0.2, 0) is 17.8 Å². The summed E-state index contributed by atoms with van der Waals surface area (Å²) in [5, 5.41) is 0. The summed E-state index contributed by atoms with van der Waals surface area (Å²) in [7, 11) is 0. The van der Waals surface area contributed by atoms with Crippen LogP contribution in [0.1, 0.15) is 11.3 Å². The van der Waals surface area contributed by atoms with Crippen LogP contribution in [0, 0.1) is 6.92 Å². The maximum Gasteiger partial charge on any atom is 0.253 e. The van der Waals surface area contributed by atoms with E-state index >= 15 is 0 Å². The van der Waals surface area contributed by atoms with Crippen molar-refractivity contribution in [1.82, 2.24) is 9.55 Å². The molecule has 0 atom stereocenters. The van der Waals surface area contributed by atoms with E-state index in [0.29, 0.717) is 12.1 Å². The molecule has 0 aliphatic rings. The van der Waals surface area contributed by atoms with Gasteiger partial charge < -0.3 is 0 Å². The maximum atomic E-state index is 11.8. The first-order chi connectivity index (χ1) is 8.65. The van der Waals surface area contributed by atoms with Gasteiger partial charge >= 0.3 is 0 Å². The van der Waals surface area contributed by atoms with Gasteiger partial charge in [0.2, 0.25) is 0 Å².